The molecule has 0 saturated heterocycles. The zero-order chi connectivity index (χ0) is 26.0. The molecule has 0 fully saturated rings. The SMILES string of the molecule is COc1ccc(C(CNC(=O)c2ccc(S(=O)(=O)c3ccc(C)cc3)o2)c2c[nH]c3ccccc23)cc1. The van der Waals surface area contributed by atoms with E-state index in [1.807, 2.05) is 61.7 Å². The maximum atomic E-state index is 13.0. The number of fused-ring (bicyclic) bond motifs is 1. The Balaban J connectivity index is 1.39. The summed E-state index contributed by atoms with van der Waals surface area (Å²) in [6, 6.07) is 24.8. The fraction of sp³-hybridized carbons (Fsp3) is 0.138. The molecule has 1 unspecified atom stereocenters. The van der Waals surface area contributed by atoms with E-state index in [1.54, 1.807) is 19.2 Å². The topological polar surface area (TPSA) is 101 Å². The molecule has 8 heteroatoms. The lowest BCUT2D eigenvalue weighted by atomic mass is 9.90. The van der Waals surface area contributed by atoms with Gasteiger partial charge in [0.15, 0.2) is 5.76 Å². The number of aryl methyl sites for hydroxylation is 1. The number of hydrogen-bond acceptors (Lipinski definition) is 5. The molecule has 3 aromatic carbocycles. The average Bonchev–Trinajstić information content (AvgIpc) is 3.58. The lowest BCUT2D eigenvalue weighted by Gasteiger charge is -2.18. The fourth-order valence-corrected chi connectivity index (χ4v) is 5.50. The average molecular weight is 515 g/mol. The van der Waals surface area contributed by atoms with E-state index in [-0.39, 0.29) is 28.2 Å². The molecule has 2 heterocycles. The first-order valence-corrected chi connectivity index (χ1v) is 13.2. The van der Waals surface area contributed by atoms with Crippen molar-refractivity contribution >= 4 is 26.6 Å². The predicted molar refractivity (Wildman–Crippen MR) is 141 cm³/mol. The zero-order valence-corrected chi connectivity index (χ0v) is 21.2. The van der Waals surface area contributed by atoms with Crippen LogP contribution in [-0.4, -0.2) is 33.0 Å². The Labute approximate surface area is 215 Å². The van der Waals surface area contributed by atoms with Crippen molar-refractivity contribution in [1.82, 2.24) is 10.3 Å². The largest absolute Gasteiger partial charge is 0.497 e. The lowest BCUT2D eigenvalue weighted by molar-refractivity contribution is 0.0919. The van der Waals surface area contributed by atoms with Gasteiger partial charge in [0.1, 0.15) is 5.75 Å². The van der Waals surface area contributed by atoms with E-state index < -0.39 is 15.7 Å². The van der Waals surface area contributed by atoms with Gasteiger partial charge in [0.25, 0.3) is 5.91 Å². The summed E-state index contributed by atoms with van der Waals surface area (Å²) in [5.41, 5.74) is 3.97. The van der Waals surface area contributed by atoms with Crippen molar-refractivity contribution in [2.45, 2.75) is 22.8 Å². The highest BCUT2D eigenvalue weighted by molar-refractivity contribution is 7.91. The Kier molecular flexibility index (Phi) is 6.58. The number of sulfone groups is 1. The minimum absolute atomic E-state index is 0.0712. The number of ether oxygens (including phenoxy) is 1. The number of furan rings is 1. The molecule has 0 bridgehead atoms. The second kappa shape index (κ2) is 9.99. The summed E-state index contributed by atoms with van der Waals surface area (Å²) in [5, 5.41) is 3.70. The van der Waals surface area contributed by atoms with E-state index in [9.17, 15) is 13.2 Å². The number of hydrogen-bond donors (Lipinski definition) is 2. The Morgan fingerprint density at radius 1 is 0.973 bits per heavy atom. The molecule has 1 amide bonds. The molecule has 5 rings (SSSR count). The number of H-pyrrole nitrogens is 1. The fourth-order valence-electron chi connectivity index (χ4n) is 4.33. The van der Waals surface area contributed by atoms with Gasteiger partial charge in [0.2, 0.25) is 14.9 Å². The van der Waals surface area contributed by atoms with Crippen LogP contribution in [0.5, 0.6) is 5.75 Å². The molecule has 0 spiro atoms. The first kappa shape index (κ1) is 24.4. The van der Waals surface area contributed by atoms with Gasteiger partial charge in [-0.25, -0.2) is 8.42 Å². The van der Waals surface area contributed by atoms with Gasteiger partial charge in [0.05, 0.1) is 12.0 Å². The van der Waals surface area contributed by atoms with Crippen molar-refractivity contribution in [2.24, 2.45) is 0 Å². The van der Waals surface area contributed by atoms with Gasteiger partial charge in [-0.05, 0) is 60.5 Å². The van der Waals surface area contributed by atoms with Crippen molar-refractivity contribution in [1.29, 1.82) is 0 Å². The number of amides is 1. The molecule has 0 aliphatic carbocycles. The molecular formula is C29H26N2O5S. The number of methoxy groups -OCH3 is 1. The normalized spacial score (nSPS) is 12.4. The van der Waals surface area contributed by atoms with E-state index in [0.717, 1.165) is 33.3 Å². The minimum atomic E-state index is -3.87. The van der Waals surface area contributed by atoms with E-state index >= 15 is 0 Å². The minimum Gasteiger partial charge on any atom is -0.497 e. The number of carbonyl (C=O) groups is 1. The number of aromatic nitrogens is 1. The second-order valence-corrected chi connectivity index (χ2v) is 10.6. The van der Waals surface area contributed by atoms with Crippen LogP contribution in [0, 0.1) is 6.92 Å². The molecule has 0 radical (unpaired) electrons. The molecule has 0 aliphatic heterocycles. The summed E-state index contributed by atoms with van der Waals surface area (Å²) in [6.45, 7) is 2.15. The molecule has 2 N–H and O–H groups in total. The summed E-state index contributed by atoms with van der Waals surface area (Å²) in [5.74, 6) is 0.00176. The van der Waals surface area contributed by atoms with E-state index in [1.165, 1.54) is 24.3 Å². The third-order valence-corrected chi connectivity index (χ3v) is 8.02. The van der Waals surface area contributed by atoms with Crippen LogP contribution in [-0.2, 0) is 9.84 Å². The van der Waals surface area contributed by atoms with Crippen molar-refractivity contribution in [2.75, 3.05) is 13.7 Å². The van der Waals surface area contributed by atoms with Gasteiger partial charge in [-0.2, -0.15) is 0 Å². The number of rotatable bonds is 8. The molecule has 2 aromatic heterocycles. The number of carbonyl (C=O) groups excluding carboxylic acids is 1. The van der Waals surface area contributed by atoms with Crippen molar-refractivity contribution in [3.05, 3.63) is 114 Å². The molecular weight excluding hydrogens is 488 g/mol. The van der Waals surface area contributed by atoms with Crippen LogP contribution < -0.4 is 10.1 Å². The number of benzene rings is 3. The maximum Gasteiger partial charge on any atom is 0.287 e. The van der Waals surface area contributed by atoms with E-state index in [2.05, 4.69) is 10.3 Å². The zero-order valence-electron chi connectivity index (χ0n) is 20.4. The van der Waals surface area contributed by atoms with Gasteiger partial charge in [-0.15, -0.1) is 0 Å². The summed E-state index contributed by atoms with van der Waals surface area (Å²) < 4.78 is 36.6. The number of nitrogens with one attached hydrogen (secondary N) is 2. The molecule has 37 heavy (non-hydrogen) atoms. The number of para-hydroxylation sites is 1. The highest BCUT2D eigenvalue weighted by atomic mass is 32.2. The van der Waals surface area contributed by atoms with Crippen LogP contribution in [0.3, 0.4) is 0 Å². The van der Waals surface area contributed by atoms with Crippen LogP contribution in [0.2, 0.25) is 0 Å². The smallest absolute Gasteiger partial charge is 0.287 e. The van der Waals surface area contributed by atoms with E-state index in [4.69, 9.17) is 9.15 Å². The first-order valence-electron chi connectivity index (χ1n) is 11.8. The summed E-state index contributed by atoms with van der Waals surface area (Å²) >= 11 is 0. The van der Waals surface area contributed by atoms with Crippen molar-refractivity contribution in [3.63, 3.8) is 0 Å². The molecule has 5 aromatic rings. The van der Waals surface area contributed by atoms with Crippen LogP contribution in [0.15, 0.2) is 106 Å². The van der Waals surface area contributed by atoms with Gasteiger partial charge in [-0.3, -0.25) is 4.79 Å². The predicted octanol–water partition coefficient (Wildman–Crippen LogP) is 5.47. The summed E-state index contributed by atoms with van der Waals surface area (Å²) in [7, 11) is -2.26. The Bertz CT molecular complexity index is 1650. The van der Waals surface area contributed by atoms with E-state index in [0.29, 0.717) is 0 Å². The number of aromatic amines is 1. The molecule has 7 nitrogen and oxygen atoms in total. The Hall–Kier alpha value is -4.30. The third kappa shape index (κ3) is 4.88. The monoisotopic (exact) mass is 514 g/mol. The van der Waals surface area contributed by atoms with Crippen LogP contribution in [0.25, 0.3) is 10.9 Å². The molecule has 1 atom stereocenters. The second-order valence-electron chi connectivity index (χ2n) is 8.76. The van der Waals surface area contributed by atoms with Crippen LogP contribution in [0.1, 0.15) is 33.2 Å². The maximum absolute atomic E-state index is 13.0. The summed E-state index contributed by atoms with van der Waals surface area (Å²) in [4.78, 5) is 16.4. The van der Waals surface area contributed by atoms with Crippen molar-refractivity contribution < 1.29 is 22.4 Å². The molecule has 188 valence electrons. The van der Waals surface area contributed by atoms with Gasteiger partial charge in [-0.1, -0.05) is 48.0 Å². The lowest BCUT2D eigenvalue weighted by Crippen LogP contribution is -2.28. The van der Waals surface area contributed by atoms with Gasteiger partial charge in [0, 0.05) is 29.6 Å². The van der Waals surface area contributed by atoms with Crippen LogP contribution in [0.4, 0.5) is 0 Å². The van der Waals surface area contributed by atoms with Gasteiger partial charge >= 0.3 is 0 Å². The highest BCUT2D eigenvalue weighted by Crippen LogP contribution is 2.31. The summed E-state index contributed by atoms with van der Waals surface area (Å²) in [6.07, 6.45) is 1.95. The molecule has 0 aliphatic rings. The Morgan fingerprint density at radius 2 is 1.70 bits per heavy atom. The Morgan fingerprint density at radius 3 is 2.43 bits per heavy atom. The van der Waals surface area contributed by atoms with Crippen molar-refractivity contribution in [3.8, 4) is 5.75 Å². The first-order chi connectivity index (χ1) is 17.9. The standard InChI is InChI=1S/C29H26N2O5S/c1-19-7-13-22(14-8-19)37(33,34)28-16-15-27(36-28)29(32)31-17-24(20-9-11-21(35-2)12-10-20)25-18-30-26-6-4-3-5-23(25)26/h3-16,18,24,30H,17H2,1-2H3,(H,31,32). The third-order valence-electron chi connectivity index (χ3n) is 6.38. The molecule has 0 saturated carbocycles. The highest BCUT2D eigenvalue weighted by Gasteiger charge is 2.25. The van der Waals surface area contributed by atoms with Crippen LogP contribution >= 0.6 is 0 Å². The van der Waals surface area contributed by atoms with Gasteiger partial charge < -0.3 is 19.5 Å². The quantitative estimate of drug-likeness (QED) is 0.286.